The fourth-order valence-corrected chi connectivity index (χ4v) is 1.21. The number of aliphatic hydroxyl groups excluding tert-OH is 1. The van der Waals surface area contributed by atoms with Crippen LogP contribution < -0.4 is 0 Å². The summed E-state index contributed by atoms with van der Waals surface area (Å²) in [4.78, 5) is 0. The molecule has 11 heavy (non-hydrogen) atoms. The monoisotopic (exact) mass is 156 g/mol. The number of ether oxygens (including phenoxy) is 1. The summed E-state index contributed by atoms with van der Waals surface area (Å²) in [6.07, 6.45) is 3.40. The van der Waals surface area contributed by atoms with Crippen molar-refractivity contribution < 1.29 is 9.84 Å². The highest BCUT2D eigenvalue weighted by Crippen LogP contribution is 2.42. The van der Waals surface area contributed by atoms with Gasteiger partial charge in [-0.25, -0.2) is 0 Å². The maximum Gasteiger partial charge on any atom is 0.101 e. The molecule has 1 rings (SSSR count). The first kappa shape index (κ1) is 8.75. The lowest BCUT2D eigenvalue weighted by molar-refractivity contribution is -0.00872. The fourth-order valence-electron chi connectivity index (χ4n) is 1.21. The third-order valence-electron chi connectivity index (χ3n) is 2.18. The van der Waals surface area contributed by atoms with E-state index in [1.807, 2.05) is 19.9 Å². The first-order valence-corrected chi connectivity index (χ1v) is 3.99. The van der Waals surface area contributed by atoms with E-state index in [-0.39, 0.29) is 5.60 Å². The second-order valence-electron chi connectivity index (χ2n) is 3.46. The maximum absolute atomic E-state index is 9.61. The zero-order chi connectivity index (χ0) is 8.48. The Labute approximate surface area is 67.9 Å². The highest BCUT2D eigenvalue weighted by molar-refractivity contribution is 5.12. The van der Waals surface area contributed by atoms with Gasteiger partial charge in [-0.15, -0.1) is 0 Å². The number of allylic oxidation sites excluding steroid dienone is 1. The highest BCUT2D eigenvalue weighted by atomic mass is 16.5. The van der Waals surface area contributed by atoms with E-state index in [0.717, 1.165) is 18.4 Å². The summed E-state index contributed by atoms with van der Waals surface area (Å²) >= 11 is 0. The van der Waals surface area contributed by atoms with Crippen LogP contribution in [0.1, 0.15) is 26.7 Å². The summed E-state index contributed by atoms with van der Waals surface area (Å²) in [6, 6.07) is 0. The van der Waals surface area contributed by atoms with Crippen molar-refractivity contribution >= 4 is 0 Å². The van der Waals surface area contributed by atoms with Gasteiger partial charge in [-0.3, -0.25) is 0 Å². The van der Waals surface area contributed by atoms with E-state index in [1.165, 1.54) is 0 Å². The number of aliphatic hydroxyl groups is 1. The minimum absolute atomic E-state index is 0.239. The van der Waals surface area contributed by atoms with Crippen LogP contribution in [0.15, 0.2) is 11.6 Å². The van der Waals surface area contributed by atoms with Crippen molar-refractivity contribution in [2.45, 2.75) is 38.4 Å². The first-order chi connectivity index (χ1) is 5.10. The largest absolute Gasteiger partial charge is 0.386 e. The second kappa shape index (κ2) is 2.95. The van der Waals surface area contributed by atoms with Gasteiger partial charge in [0, 0.05) is 7.11 Å². The van der Waals surface area contributed by atoms with Crippen LogP contribution in [-0.4, -0.2) is 23.9 Å². The second-order valence-corrected chi connectivity index (χ2v) is 3.46. The van der Waals surface area contributed by atoms with Gasteiger partial charge < -0.3 is 9.84 Å². The van der Waals surface area contributed by atoms with E-state index in [9.17, 15) is 5.11 Å². The van der Waals surface area contributed by atoms with E-state index in [2.05, 4.69) is 0 Å². The molecule has 0 aromatic carbocycles. The Morgan fingerprint density at radius 1 is 1.55 bits per heavy atom. The predicted molar refractivity (Wildman–Crippen MR) is 44.4 cm³/mol. The first-order valence-electron chi connectivity index (χ1n) is 3.99. The third kappa shape index (κ3) is 1.82. The standard InChI is InChI=1S/C9H16O2/c1-7(2)6-8(10)9(11-3)4-5-9/h6,8,10H,4-5H2,1-3H3. The van der Waals surface area contributed by atoms with Crippen LogP contribution >= 0.6 is 0 Å². The molecule has 2 heteroatoms. The summed E-state index contributed by atoms with van der Waals surface area (Å²) in [5.41, 5.74) is 0.901. The van der Waals surface area contributed by atoms with Crippen LogP contribution in [0.2, 0.25) is 0 Å². The lowest BCUT2D eigenvalue weighted by atomic mass is 10.1. The van der Waals surface area contributed by atoms with Gasteiger partial charge in [0.15, 0.2) is 0 Å². The molecule has 0 aromatic heterocycles. The summed E-state index contributed by atoms with van der Waals surface area (Å²) in [5, 5.41) is 9.61. The summed E-state index contributed by atoms with van der Waals surface area (Å²) in [7, 11) is 1.66. The molecule has 0 heterocycles. The van der Waals surface area contributed by atoms with Gasteiger partial charge in [0.05, 0.1) is 5.60 Å². The average Bonchev–Trinajstić information content (AvgIpc) is 2.65. The Morgan fingerprint density at radius 3 is 2.36 bits per heavy atom. The maximum atomic E-state index is 9.61. The van der Waals surface area contributed by atoms with E-state index < -0.39 is 6.10 Å². The minimum atomic E-state index is -0.419. The zero-order valence-electron chi connectivity index (χ0n) is 7.42. The van der Waals surface area contributed by atoms with E-state index in [4.69, 9.17) is 4.74 Å². The van der Waals surface area contributed by atoms with Crippen LogP contribution in [0.5, 0.6) is 0 Å². The SMILES string of the molecule is COC1(C(O)C=C(C)C)CC1. The van der Waals surface area contributed by atoms with Gasteiger partial charge in [0.1, 0.15) is 6.10 Å². The molecule has 0 saturated heterocycles. The lowest BCUT2D eigenvalue weighted by Crippen LogP contribution is -2.28. The van der Waals surface area contributed by atoms with Gasteiger partial charge in [0.25, 0.3) is 0 Å². The summed E-state index contributed by atoms with van der Waals surface area (Å²) in [6.45, 7) is 3.96. The van der Waals surface area contributed by atoms with Crippen molar-refractivity contribution in [2.24, 2.45) is 0 Å². The normalized spacial score (nSPS) is 22.5. The van der Waals surface area contributed by atoms with Crippen LogP contribution in [0.4, 0.5) is 0 Å². The number of methoxy groups -OCH3 is 1. The number of hydrogen-bond acceptors (Lipinski definition) is 2. The molecule has 1 aliphatic carbocycles. The van der Waals surface area contributed by atoms with Gasteiger partial charge in [-0.1, -0.05) is 11.6 Å². The summed E-state index contributed by atoms with van der Waals surface area (Å²) < 4.78 is 5.22. The van der Waals surface area contributed by atoms with E-state index >= 15 is 0 Å². The van der Waals surface area contributed by atoms with Crippen molar-refractivity contribution in [3.8, 4) is 0 Å². The lowest BCUT2D eigenvalue weighted by Gasteiger charge is -2.17. The average molecular weight is 156 g/mol. The third-order valence-corrected chi connectivity index (χ3v) is 2.18. The number of rotatable bonds is 3. The van der Waals surface area contributed by atoms with Crippen molar-refractivity contribution in [3.05, 3.63) is 11.6 Å². The Morgan fingerprint density at radius 2 is 2.09 bits per heavy atom. The smallest absolute Gasteiger partial charge is 0.101 e. The van der Waals surface area contributed by atoms with Crippen molar-refractivity contribution in [1.82, 2.24) is 0 Å². The Kier molecular flexibility index (Phi) is 2.35. The fraction of sp³-hybridized carbons (Fsp3) is 0.778. The molecular formula is C9H16O2. The van der Waals surface area contributed by atoms with Gasteiger partial charge in [-0.2, -0.15) is 0 Å². The molecule has 0 aliphatic heterocycles. The van der Waals surface area contributed by atoms with Crippen molar-refractivity contribution in [2.75, 3.05) is 7.11 Å². The molecule has 1 unspecified atom stereocenters. The van der Waals surface area contributed by atoms with Crippen molar-refractivity contribution in [3.63, 3.8) is 0 Å². The quantitative estimate of drug-likeness (QED) is 0.627. The molecule has 1 N–H and O–H groups in total. The van der Waals surface area contributed by atoms with E-state index in [0.29, 0.717) is 0 Å². The molecule has 0 aromatic rings. The molecule has 1 atom stereocenters. The molecule has 2 nitrogen and oxygen atoms in total. The van der Waals surface area contributed by atoms with Crippen LogP contribution in [0.3, 0.4) is 0 Å². The van der Waals surface area contributed by atoms with E-state index in [1.54, 1.807) is 7.11 Å². The van der Waals surface area contributed by atoms with Crippen molar-refractivity contribution in [1.29, 1.82) is 0 Å². The van der Waals surface area contributed by atoms with Crippen LogP contribution in [-0.2, 0) is 4.74 Å². The Bertz CT molecular complexity index is 164. The Hall–Kier alpha value is -0.340. The number of hydrogen-bond donors (Lipinski definition) is 1. The molecular weight excluding hydrogens is 140 g/mol. The highest BCUT2D eigenvalue weighted by Gasteiger charge is 2.48. The Balaban J connectivity index is 2.54. The molecule has 0 spiro atoms. The van der Waals surface area contributed by atoms with Gasteiger partial charge >= 0.3 is 0 Å². The molecule has 0 amide bonds. The zero-order valence-corrected chi connectivity index (χ0v) is 7.42. The van der Waals surface area contributed by atoms with Gasteiger partial charge in [0.2, 0.25) is 0 Å². The molecule has 0 bridgehead atoms. The molecule has 64 valence electrons. The molecule has 1 aliphatic rings. The van der Waals surface area contributed by atoms with Crippen LogP contribution in [0, 0.1) is 0 Å². The van der Waals surface area contributed by atoms with Crippen LogP contribution in [0.25, 0.3) is 0 Å². The molecule has 1 saturated carbocycles. The molecule has 0 radical (unpaired) electrons. The predicted octanol–water partition coefficient (Wildman–Crippen LogP) is 1.49. The molecule has 1 fully saturated rings. The van der Waals surface area contributed by atoms with Gasteiger partial charge in [-0.05, 0) is 26.7 Å². The summed E-state index contributed by atoms with van der Waals surface area (Å²) in [5.74, 6) is 0. The minimum Gasteiger partial charge on any atom is -0.386 e. The topological polar surface area (TPSA) is 29.5 Å².